The zero-order valence-electron chi connectivity index (χ0n) is 8.02. The second-order valence-corrected chi connectivity index (χ2v) is 7.50. The van der Waals surface area contributed by atoms with Gasteiger partial charge in [0, 0.05) is 6.61 Å². The van der Waals surface area contributed by atoms with Crippen LogP contribution in [0.3, 0.4) is 0 Å². The third-order valence-corrected chi connectivity index (χ3v) is 5.40. The van der Waals surface area contributed by atoms with Gasteiger partial charge in [0.05, 0.1) is 0 Å². The van der Waals surface area contributed by atoms with E-state index in [0.29, 0.717) is 0 Å². The Hall–Kier alpha value is -0.413. The molecule has 2 nitrogen and oxygen atoms in total. The summed E-state index contributed by atoms with van der Waals surface area (Å²) < 4.78 is 5.66. The van der Waals surface area contributed by atoms with Crippen molar-refractivity contribution in [3.63, 3.8) is 0 Å². The lowest BCUT2D eigenvalue weighted by Gasteiger charge is -2.17. The molecule has 0 aromatic rings. The van der Waals surface area contributed by atoms with Crippen molar-refractivity contribution in [2.45, 2.75) is 32.9 Å². The molecule has 0 radical (unpaired) electrons. The van der Waals surface area contributed by atoms with E-state index >= 15 is 0 Å². The molecule has 12 heavy (non-hydrogen) atoms. The molecular formula is C9H16O2Si. The summed E-state index contributed by atoms with van der Waals surface area (Å²) in [4.78, 5) is 10.7. The minimum Gasteiger partial charge on any atom is -0.413 e. The average molecular weight is 184 g/mol. The molecule has 1 rings (SSSR count). The van der Waals surface area contributed by atoms with E-state index in [4.69, 9.17) is 4.43 Å². The van der Waals surface area contributed by atoms with Gasteiger partial charge in [0.1, 0.15) is 6.29 Å². The fourth-order valence-corrected chi connectivity index (χ4v) is 4.21. The number of hydrogen-bond donors (Lipinski definition) is 0. The highest BCUT2D eigenvalue weighted by molar-refractivity contribution is 6.79. The van der Waals surface area contributed by atoms with Gasteiger partial charge in [0.25, 0.3) is 0 Å². The highest BCUT2D eigenvalue weighted by Crippen LogP contribution is 2.29. The minimum atomic E-state index is -1.63. The van der Waals surface area contributed by atoms with Gasteiger partial charge in [-0.3, -0.25) is 4.79 Å². The Morgan fingerprint density at radius 2 is 2.33 bits per heavy atom. The second-order valence-electron chi connectivity index (χ2n) is 3.58. The summed E-state index contributed by atoms with van der Waals surface area (Å²) in [6.07, 6.45) is 2.82. The fourth-order valence-electron chi connectivity index (χ4n) is 1.71. The molecule has 0 atom stereocenters. The summed E-state index contributed by atoms with van der Waals surface area (Å²) in [6, 6.07) is 0. The first kappa shape index (κ1) is 9.67. The van der Waals surface area contributed by atoms with Gasteiger partial charge in [-0.15, -0.1) is 0 Å². The summed E-state index contributed by atoms with van der Waals surface area (Å²) in [5, 5.41) is 1.32. The van der Waals surface area contributed by atoms with Gasteiger partial charge in [-0.1, -0.05) is 6.92 Å². The summed E-state index contributed by atoms with van der Waals surface area (Å²) >= 11 is 0. The maximum Gasteiger partial charge on any atom is 0.214 e. The van der Waals surface area contributed by atoms with E-state index in [1.165, 1.54) is 5.20 Å². The van der Waals surface area contributed by atoms with Crippen LogP contribution in [0.15, 0.2) is 10.8 Å². The quantitative estimate of drug-likeness (QED) is 0.373. The molecule has 0 saturated carbocycles. The van der Waals surface area contributed by atoms with E-state index in [-0.39, 0.29) is 0 Å². The Morgan fingerprint density at radius 1 is 1.67 bits per heavy atom. The Kier molecular flexibility index (Phi) is 2.85. The van der Waals surface area contributed by atoms with Crippen LogP contribution in [-0.4, -0.2) is 21.2 Å². The van der Waals surface area contributed by atoms with Crippen LogP contribution in [0.1, 0.15) is 19.8 Å². The van der Waals surface area contributed by atoms with Crippen LogP contribution < -0.4 is 0 Å². The predicted molar refractivity (Wildman–Crippen MR) is 51.4 cm³/mol. The molecule has 1 saturated heterocycles. The predicted octanol–water partition coefficient (Wildman–Crippen LogP) is 2.06. The normalized spacial score (nSPS) is 25.6. The lowest BCUT2D eigenvalue weighted by molar-refractivity contribution is -0.105. The third kappa shape index (κ3) is 1.67. The van der Waals surface area contributed by atoms with E-state index in [9.17, 15) is 4.79 Å². The lowest BCUT2D eigenvalue weighted by atomic mass is 10.2. The van der Waals surface area contributed by atoms with Gasteiger partial charge in [0.2, 0.25) is 8.32 Å². The van der Waals surface area contributed by atoms with Crippen LogP contribution in [0, 0.1) is 0 Å². The molecule has 3 heteroatoms. The zero-order valence-corrected chi connectivity index (χ0v) is 9.02. The van der Waals surface area contributed by atoms with Crippen molar-refractivity contribution in [3.8, 4) is 0 Å². The van der Waals surface area contributed by atoms with Crippen molar-refractivity contribution < 1.29 is 9.22 Å². The Morgan fingerprint density at radius 3 is 2.67 bits per heavy atom. The number of hydrogen-bond acceptors (Lipinski definition) is 2. The average Bonchev–Trinajstić information content (AvgIpc) is 2.34. The van der Waals surface area contributed by atoms with Crippen LogP contribution >= 0.6 is 0 Å². The first-order valence-corrected chi connectivity index (χ1v) is 7.34. The molecule has 1 fully saturated rings. The number of aldehydes is 1. The second kappa shape index (κ2) is 3.54. The molecule has 0 unspecified atom stereocenters. The standard InChI is InChI=1S/C9H16O2Si/c1-4-8(7-10)9-5-6-11-12(9,2)3/h7H,4-6H2,1-3H3/b9-8-. The SMILES string of the molecule is CC/C(C=O)=C1\CCO[Si]1(C)C. The first-order valence-electron chi connectivity index (χ1n) is 4.43. The maximum absolute atomic E-state index is 10.7. The van der Waals surface area contributed by atoms with Gasteiger partial charge >= 0.3 is 0 Å². The van der Waals surface area contributed by atoms with Gasteiger partial charge in [-0.25, -0.2) is 0 Å². The molecule has 0 amide bonds. The van der Waals surface area contributed by atoms with E-state index < -0.39 is 8.32 Å². The van der Waals surface area contributed by atoms with Crippen LogP contribution in [-0.2, 0) is 9.22 Å². The zero-order chi connectivity index (χ0) is 9.19. The minimum absolute atomic E-state index is 0.811. The molecular weight excluding hydrogens is 168 g/mol. The number of carbonyl (C=O) groups excluding carboxylic acids is 1. The summed E-state index contributed by atoms with van der Waals surface area (Å²) in [7, 11) is -1.63. The Balaban J connectivity index is 2.98. The first-order chi connectivity index (χ1) is 5.61. The molecule has 1 heterocycles. The highest BCUT2D eigenvalue weighted by atomic mass is 28.4. The van der Waals surface area contributed by atoms with Crippen LogP contribution in [0.25, 0.3) is 0 Å². The van der Waals surface area contributed by atoms with E-state index in [0.717, 1.165) is 31.3 Å². The lowest BCUT2D eigenvalue weighted by Crippen LogP contribution is -2.28. The summed E-state index contributed by atoms with van der Waals surface area (Å²) in [5.41, 5.74) is 0.976. The topological polar surface area (TPSA) is 26.3 Å². The molecule has 1 aliphatic rings. The summed E-state index contributed by atoms with van der Waals surface area (Å²) in [6.45, 7) is 7.16. The van der Waals surface area contributed by atoms with Crippen LogP contribution in [0.5, 0.6) is 0 Å². The summed E-state index contributed by atoms with van der Waals surface area (Å²) in [5.74, 6) is 0. The smallest absolute Gasteiger partial charge is 0.214 e. The van der Waals surface area contributed by atoms with Gasteiger partial charge < -0.3 is 4.43 Å². The van der Waals surface area contributed by atoms with Gasteiger partial charge in [-0.05, 0) is 36.7 Å². The molecule has 0 aromatic carbocycles. The number of rotatable bonds is 2. The number of allylic oxidation sites excluding steroid dienone is 1. The van der Waals surface area contributed by atoms with Crippen molar-refractivity contribution >= 4 is 14.6 Å². The van der Waals surface area contributed by atoms with E-state index in [1.807, 2.05) is 6.92 Å². The molecule has 0 N–H and O–H groups in total. The van der Waals surface area contributed by atoms with E-state index in [1.54, 1.807) is 0 Å². The van der Waals surface area contributed by atoms with Crippen molar-refractivity contribution in [1.29, 1.82) is 0 Å². The van der Waals surface area contributed by atoms with E-state index in [2.05, 4.69) is 13.1 Å². The molecule has 0 bridgehead atoms. The molecule has 68 valence electrons. The third-order valence-electron chi connectivity index (χ3n) is 2.45. The van der Waals surface area contributed by atoms with Gasteiger partial charge in [0.15, 0.2) is 0 Å². The Bertz CT molecular complexity index is 219. The van der Waals surface area contributed by atoms with Crippen molar-refractivity contribution in [3.05, 3.63) is 10.8 Å². The van der Waals surface area contributed by atoms with Gasteiger partial charge in [-0.2, -0.15) is 0 Å². The Labute approximate surface area is 74.7 Å². The van der Waals surface area contributed by atoms with Crippen molar-refractivity contribution in [1.82, 2.24) is 0 Å². The van der Waals surface area contributed by atoms with Crippen molar-refractivity contribution in [2.75, 3.05) is 6.61 Å². The van der Waals surface area contributed by atoms with Crippen molar-refractivity contribution in [2.24, 2.45) is 0 Å². The molecule has 0 aromatic heterocycles. The molecule has 0 spiro atoms. The largest absolute Gasteiger partial charge is 0.413 e. The highest BCUT2D eigenvalue weighted by Gasteiger charge is 2.34. The van der Waals surface area contributed by atoms with Crippen LogP contribution in [0.2, 0.25) is 13.1 Å². The molecule has 1 aliphatic heterocycles. The monoisotopic (exact) mass is 184 g/mol. The fraction of sp³-hybridized carbons (Fsp3) is 0.667. The maximum atomic E-state index is 10.7. The molecule has 0 aliphatic carbocycles. The van der Waals surface area contributed by atoms with Crippen LogP contribution in [0.4, 0.5) is 0 Å². The number of carbonyl (C=O) groups is 1.